The molecule has 4 rings (SSSR count). The van der Waals surface area contributed by atoms with Crippen LogP contribution in [0.3, 0.4) is 0 Å². The second kappa shape index (κ2) is 5.22. The molecule has 1 unspecified atom stereocenters. The number of hydrogen-bond acceptors (Lipinski definition) is 5. The maximum atomic E-state index is 6.34. The van der Waals surface area contributed by atoms with Crippen molar-refractivity contribution in [3.8, 4) is 11.5 Å². The predicted molar refractivity (Wildman–Crippen MR) is 78.9 cm³/mol. The van der Waals surface area contributed by atoms with Crippen molar-refractivity contribution in [2.24, 2.45) is 4.99 Å². The molecule has 0 radical (unpaired) electrons. The smallest absolute Gasteiger partial charge is 0.304 e. The number of para-hydroxylation sites is 2. The Morgan fingerprint density at radius 3 is 2.76 bits per heavy atom. The number of rotatable bonds is 3. The van der Waals surface area contributed by atoms with E-state index < -0.39 is 5.79 Å². The van der Waals surface area contributed by atoms with Crippen molar-refractivity contribution in [3.63, 3.8) is 0 Å². The highest BCUT2D eigenvalue weighted by Gasteiger charge is 2.47. The van der Waals surface area contributed by atoms with Gasteiger partial charge in [0.1, 0.15) is 0 Å². The summed E-state index contributed by atoms with van der Waals surface area (Å²) in [6.45, 7) is 1.93. The van der Waals surface area contributed by atoms with Gasteiger partial charge in [-0.05, 0) is 25.0 Å². The topological polar surface area (TPSA) is 52.1 Å². The monoisotopic (exact) mass is 288 g/mol. The fourth-order valence-corrected chi connectivity index (χ4v) is 3.19. The number of amidine groups is 1. The molecule has 0 spiro atoms. The van der Waals surface area contributed by atoms with Gasteiger partial charge in [-0.15, -0.1) is 0 Å². The fourth-order valence-electron chi connectivity index (χ4n) is 3.19. The van der Waals surface area contributed by atoms with E-state index >= 15 is 0 Å². The summed E-state index contributed by atoms with van der Waals surface area (Å²) in [5, 5.41) is 3.29. The van der Waals surface area contributed by atoms with Crippen molar-refractivity contribution >= 4 is 5.84 Å². The molecule has 1 N–H and O–H groups in total. The standard InChI is InChI=1S/C16H20N2O3/c1-2-6-12(5-1)20-16(15-17-9-10-18-15)11-19-13-7-3-4-8-14(13)21-16/h3-4,7-8,12H,1-2,5-6,9-11H2,(H,17,18). The molecule has 5 nitrogen and oxygen atoms in total. The van der Waals surface area contributed by atoms with E-state index in [-0.39, 0.29) is 6.10 Å². The van der Waals surface area contributed by atoms with E-state index in [4.69, 9.17) is 14.2 Å². The molecular weight excluding hydrogens is 268 g/mol. The van der Waals surface area contributed by atoms with Crippen LogP contribution in [-0.2, 0) is 4.74 Å². The molecule has 1 atom stereocenters. The summed E-state index contributed by atoms with van der Waals surface area (Å²) < 4.78 is 18.5. The first-order chi connectivity index (χ1) is 10.4. The van der Waals surface area contributed by atoms with E-state index in [1.54, 1.807) is 0 Å². The van der Waals surface area contributed by atoms with Crippen molar-refractivity contribution in [1.29, 1.82) is 0 Å². The molecule has 2 aliphatic heterocycles. The maximum absolute atomic E-state index is 6.34. The van der Waals surface area contributed by atoms with Gasteiger partial charge in [-0.25, -0.2) is 0 Å². The first-order valence-electron chi connectivity index (χ1n) is 7.73. The van der Waals surface area contributed by atoms with Gasteiger partial charge in [0.15, 0.2) is 23.9 Å². The Bertz CT molecular complexity index is 554. The second-order valence-electron chi connectivity index (χ2n) is 5.77. The summed E-state index contributed by atoms with van der Waals surface area (Å²) in [5.41, 5.74) is 0. The van der Waals surface area contributed by atoms with E-state index in [0.29, 0.717) is 6.61 Å². The molecule has 5 heteroatoms. The second-order valence-corrected chi connectivity index (χ2v) is 5.77. The molecule has 112 valence electrons. The lowest BCUT2D eigenvalue weighted by Crippen LogP contribution is -2.58. The third-order valence-corrected chi connectivity index (χ3v) is 4.24. The van der Waals surface area contributed by atoms with Crippen LogP contribution in [-0.4, -0.2) is 37.4 Å². The van der Waals surface area contributed by atoms with Crippen LogP contribution in [0.2, 0.25) is 0 Å². The van der Waals surface area contributed by atoms with Crippen LogP contribution in [0.5, 0.6) is 11.5 Å². The van der Waals surface area contributed by atoms with Crippen LogP contribution < -0.4 is 14.8 Å². The normalized spacial score (nSPS) is 28.3. The number of benzene rings is 1. The summed E-state index contributed by atoms with van der Waals surface area (Å²) in [7, 11) is 0. The number of fused-ring (bicyclic) bond motifs is 1. The Hall–Kier alpha value is -1.75. The summed E-state index contributed by atoms with van der Waals surface area (Å²) in [6, 6.07) is 7.71. The van der Waals surface area contributed by atoms with Crippen LogP contribution in [0.4, 0.5) is 0 Å². The van der Waals surface area contributed by atoms with Crippen LogP contribution in [0.1, 0.15) is 25.7 Å². The molecule has 21 heavy (non-hydrogen) atoms. The molecule has 3 aliphatic rings. The van der Waals surface area contributed by atoms with E-state index in [1.807, 2.05) is 24.3 Å². The molecule has 1 aromatic carbocycles. The Kier molecular flexibility index (Phi) is 3.22. The van der Waals surface area contributed by atoms with Gasteiger partial charge < -0.3 is 19.5 Å². The van der Waals surface area contributed by atoms with Crippen molar-refractivity contribution < 1.29 is 14.2 Å². The third kappa shape index (κ3) is 2.35. The van der Waals surface area contributed by atoms with Gasteiger partial charge in [0.2, 0.25) is 0 Å². The molecule has 0 amide bonds. The Balaban J connectivity index is 1.64. The van der Waals surface area contributed by atoms with Crippen molar-refractivity contribution in [2.75, 3.05) is 19.7 Å². The van der Waals surface area contributed by atoms with Crippen molar-refractivity contribution in [2.45, 2.75) is 37.6 Å². The van der Waals surface area contributed by atoms with Crippen LogP contribution in [0, 0.1) is 0 Å². The molecule has 2 heterocycles. The lowest BCUT2D eigenvalue weighted by Gasteiger charge is -2.39. The quantitative estimate of drug-likeness (QED) is 0.925. The first kappa shape index (κ1) is 13.0. The number of ether oxygens (including phenoxy) is 3. The van der Waals surface area contributed by atoms with Gasteiger partial charge in [0.25, 0.3) is 0 Å². The zero-order valence-corrected chi connectivity index (χ0v) is 12.0. The van der Waals surface area contributed by atoms with Gasteiger partial charge in [-0.1, -0.05) is 25.0 Å². The molecule has 1 aromatic rings. The number of aliphatic imine (C=N–C) groups is 1. The number of nitrogens with zero attached hydrogens (tertiary/aromatic N) is 1. The third-order valence-electron chi connectivity index (χ3n) is 4.24. The van der Waals surface area contributed by atoms with Gasteiger partial charge in [0.05, 0.1) is 12.6 Å². The highest BCUT2D eigenvalue weighted by atomic mass is 16.7. The minimum atomic E-state index is -0.917. The molecule has 0 saturated heterocycles. The highest BCUT2D eigenvalue weighted by Crippen LogP contribution is 2.38. The summed E-state index contributed by atoms with van der Waals surface area (Å²) in [4.78, 5) is 4.52. The Morgan fingerprint density at radius 1 is 1.19 bits per heavy atom. The Morgan fingerprint density at radius 2 is 2.00 bits per heavy atom. The van der Waals surface area contributed by atoms with Gasteiger partial charge in [-0.3, -0.25) is 4.99 Å². The summed E-state index contributed by atoms with van der Waals surface area (Å²) in [6.07, 6.45) is 4.83. The molecule has 1 fully saturated rings. The minimum absolute atomic E-state index is 0.226. The highest BCUT2D eigenvalue weighted by molar-refractivity contribution is 5.91. The van der Waals surface area contributed by atoms with Gasteiger partial charge in [0, 0.05) is 6.54 Å². The first-order valence-corrected chi connectivity index (χ1v) is 7.73. The lowest BCUT2D eigenvalue weighted by atomic mass is 10.2. The van der Waals surface area contributed by atoms with Gasteiger partial charge in [-0.2, -0.15) is 0 Å². The summed E-state index contributed by atoms with van der Waals surface area (Å²) >= 11 is 0. The van der Waals surface area contributed by atoms with Crippen molar-refractivity contribution in [3.05, 3.63) is 24.3 Å². The number of hydrogen-bond donors (Lipinski definition) is 1. The SMILES string of the molecule is c1ccc2c(c1)OCC(OC1CCCC1)(C1=NCCN1)O2. The zero-order valence-electron chi connectivity index (χ0n) is 12.0. The largest absolute Gasteiger partial charge is 0.482 e. The molecule has 1 aliphatic carbocycles. The lowest BCUT2D eigenvalue weighted by molar-refractivity contribution is -0.190. The van der Waals surface area contributed by atoms with E-state index in [0.717, 1.165) is 43.3 Å². The average molecular weight is 288 g/mol. The van der Waals surface area contributed by atoms with Crippen LogP contribution >= 0.6 is 0 Å². The van der Waals surface area contributed by atoms with Crippen molar-refractivity contribution in [1.82, 2.24) is 5.32 Å². The van der Waals surface area contributed by atoms with E-state index in [9.17, 15) is 0 Å². The molecule has 0 aromatic heterocycles. The average Bonchev–Trinajstić information content (AvgIpc) is 3.20. The van der Waals surface area contributed by atoms with Gasteiger partial charge >= 0.3 is 5.79 Å². The predicted octanol–water partition coefficient (Wildman–Crippen LogP) is 2.11. The molecular formula is C16H20N2O3. The van der Waals surface area contributed by atoms with E-state index in [1.165, 1.54) is 12.8 Å². The molecule has 1 saturated carbocycles. The Labute approximate surface area is 124 Å². The maximum Gasteiger partial charge on any atom is 0.304 e. The van der Waals surface area contributed by atoms with Crippen LogP contribution in [0.25, 0.3) is 0 Å². The zero-order chi connectivity index (χ0) is 14.1. The van der Waals surface area contributed by atoms with E-state index in [2.05, 4.69) is 10.3 Å². The summed E-state index contributed by atoms with van der Waals surface area (Å²) in [5.74, 6) is 1.34. The number of nitrogens with one attached hydrogen (secondary N) is 1. The van der Waals surface area contributed by atoms with Crippen LogP contribution in [0.15, 0.2) is 29.3 Å². The fraction of sp³-hybridized carbons (Fsp3) is 0.562. The molecule has 0 bridgehead atoms. The minimum Gasteiger partial charge on any atom is -0.482 e.